The number of carbonyl (C=O) groups is 3. The summed E-state index contributed by atoms with van der Waals surface area (Å²) >= 11 is 3.41. The first-order valence-corrected chi connectivity index (χ1v) is 17.8. The topological polar surface area (TPSA) is 122 Å². The Kier molecular flexibility index (Phi) is 11.2. The number of likely N-dealkylation sites (tertiary alicyclic amines) is 1. The van der Waals surface area contributed by atoms with E-state index in [9.17, 15) is 14.4 Å². The largest absolute Gasteiger partial charge is 0.425 e. The molecule has 3 aliphatic rings. The molecule has 0 spiro atoms. The smallest absolute Gasteiger partial charge is 0.415 e. The first kappa shape index (κ1) is 33.5. The molecule has 3 N–H and O–H groups in total. The highest BCUT2D eigenvalue weighted by atomic mass is 79.9. The van der Waals surface area contributed by atoms with Crippen LogP contribution >= 0.6 is 15.9 Å². The van der Waals surface area contributed by atoms with E-state index < -0.39 is 17.7 Å². The van der Waals surface area contributed by atoms with Gasteiger partial charge in [0.15, 0.2) is 0 Å². The van der Waals surface area contributed by atoms with Crippen molar-refractivity contribution in [2.75, 3.05) is 39.4 Å². The number of piperidine rings is 1. The number of carbonyl (C=O) groups excluding carboxylic acids is 3. The fraction of sp³-hybridized carbons (Fsp3) is 0.528. The van der Waals surface area contributed by atoms with E-state index in [1.54, 1.807) is 12.1 Å². The molecule has 1 saturated carbocycles. The minimum absolute atomic E-state index is 0.0416. The summed E-state index contributed by atoms with van der Waals surface area (Å²) in [6.45, 7) is 5.53. The van der Waals surface area contributed by atoms with Crippen molar-refractivity contribution >= 4 is 44.8 Å². The molecule has 47 heavy (non-hydrogen) atoms. The van der Waals surface area contributed by atoms with Crippen molar-refractivity contribution in [1.29, 1.82) is 0 Å². The third kappa shape index (κ3) is 8.94. The standard InChI is InChI=1S/C36H45BrN4O6/c37-29-9-8-28-21-32(46-31(28)22-29)47-35(44)40-36(14-4-5-15-36)34(43)39-30(20-25-6-2-1-3-7-25)33(42)38-23-26-10-16-41(17-11-26)24-27-12-18-45-19-13-27/h1-3,6-9,21-22,26-27,30H,4-5,10-20,23-24H2,(H,38,42)(H,39,43)(H,40,44)/t30-/m1/s1. The van der Waals surface area contributed by atoms with Gasteiger partial charge in [0.1, 0.15) is 17.2 Å². The minimum Gasteiger partial charge on any atom is -0.425 e. The lowest BCUT2D eigenvalue weighted by Crippen LogP contribution is -2.61. The van der Waals surface area contributed by atoms with Crippen molar-refractivity contribution in [2.45, 2.75) is 69.4 Å². The second-order valence-electron chi connectivity index (χ2n) is 13.3. The lowest BCUT2D eigenvalue weighted by atomic mass is 9.93. The lowest BCUT2D eigenvalue weighted by Gasteiger charge is -2.35. The van der Waals surface area contributed by atoms with Crippen LogP contribution in [0.15, 0.2) is 63.5 Å². The van der Waals surface area contributed by atoms with Crippen molar-refractivity contribution < 1.29 is 28.3 Å². The van der Waals surface area contributed by atoms with Gasteiger partial charge in [-0.05, 0) is 87.2 Å². The average Bonchev–Trinajstić information content (AvgIpc) is 3.72. The van der Waals surface area contributed by atoms with Gasteiger partial charge in [0.2, 0.25) is 11.8 Å². The third-order valence-electron chi connectivity index (χ3n) is 9.92. The normalized spacial score (nSPS) is 19.7. The highest BCUT2D eigenvalue weighted by molar-refractivity contribution is 9.10. The summed E-state index contributed by atoms with van der Waals surface area (Å²) in [6, 6.07) is 16.0. The highest BCUT2D eigenvalue weighted by Crippen LogP contribution is 2.32. The molecular formula is C36H45BrN4O6. The Hall–Kier alpha value is -3.41. The van der Waals surface area contributed by atoms with Gasteiger partial charge in [-0.3, -0.25) is 9.59 Å². The van der Waals surface area contributed by atoms with Gasteiger partial charge >= 0.3 is 6.09 Å². The first-order chi connectivity index (χ1) is 22.8. The van der Waals surface area contributed by atoms with Crippen molar-refractivity contribution in [1.82, 2.24) is 20.9 Å². The number of furan rings is 1. The zero-order valence-electron chi connectivity index (χ0n) is 26.8. The van der Waals surface area contributed by atoms with Crippen molar-refractivity contribution in [3.05, 3.63) is 64.6 Å². The molecule has 0 unspecified atom stereocenters. The van der Waals surface area contributed by atoms with E-state index in [2.05, 4.69) is 36.8 Å². The molecule has 1 aromatic heterocycles. The quantitative estimate of drug-likeness (QED) is 0.238. The molecule has 3 aromatic rings. The van der Waals surface area contributed by atoms with Gasteiger partial charge in [0, 0.05) is 48.6 Å². The summed E-state index contributed by atoms with van der Waals surface area (Å²) in [4.78, 5) is 43.2. The molecule has 11 heteroatoms. The molecule has 0 radical (unpaired) electrons. The Balaban J connectivity index is 1.06. The summed E-state index contributed by atoms with van der Waals surface area (Å²) in [5.74, 6) is 0.568. The van der Waals surface area contributed by atoms with Gasteiger partial charge in [0.25, 0.3) is 5.95 Å². The molecule has 0 bridgehead atoms. The summed E-state index contributed by atoms with van der Waals surface area (Å²) < 4.78 is 17.5. The van der Waals surface area contributed by atoms with Crippen LogP contribution in [0.5, 0.6) is 5.95 Å². The van der Waals surface area contributed by atoms with Crippen LogP contribution in [0.25, 0.3) is 11.0 Å². The number of amides is 3. The van der Waals surface area contributed by atoms with E-state index in [0.29, 0.717) is 37.3 Å². The number of rotatable bonds is 11. The van der Waals surface area contributed by atoms with Crippen LogP contribution in [-0.2, 0) is 20.7 Å². The van der Waals surface area contributed by atoms with Gasteiger partial charge < -0.3 is 34.7 Å². The third-order valence-corrected chi connectivity index (χ3v) is 10.4. The highest BCUT2D eigenvalue weighted by Gasteiger charge is 2.44. The number of nitrogens with zero attached hydrogens (tertiary/aromatic N) is 1. The van der Waals surface area contributed by atoms with Gasteiger partial charge in [-0.25, -0.2) is 4.79 Å². The maximum Gasteiger partial charge on any atom is 0.415 e. The van der Waals surface area contributed by atoms with Gasteiger partial charge in [-0.1, -0.05) is 59.1 Å². The number of hydrogen-bond donors (Lipinski definition) is 3. The minimum atomic E-state index is -1.18. The van der Waals surface area contributed by atoms with Crippen LogP contribution < -0.4 is 20.7 Å². The van der Waals surface area contributed by atoms with Crippen molar-refractivity contribution in [3.63, 3.8) is 0 Å². The lowest BCUT2D eigenvalue weighted by molar-refractivity contribution is -0.132. The Bertz CT molecular complexity index is 1510. The van der Waals surface area contributed by atoms with Crippen LogP contribution in [0, 0.1) is 11.8 Å². The Labute approximate surface area is 284 Å². The van der Waals surface area contributed by atoms with Crippen LogP contribution in [0.1, 0.15) is 56.9 Å². The van der Waals surface area contributed by atoms with Gasteiger partial charge in [-0.2, -0.15) is 0 Å². The Morgan fingerprint density at radius 1 is 0.957 bits per heavy atom. The number of nitrogens with one attached hydrogen (secondary N) is 3. The van der Waals surface area contributed by atoms with Crippen molar-refractivity contribution in [2.24, 2.45) is 11.8 Å². The number of benzene rings is 2. The average molecular weight is 710 g/mol. The molecule has 3 fully saturated rings. The fourth-order valence-electron chi connectivity index (χ4n) is 7.12. The Morgan fingerprint density at radius 2 is 1.70 bits per heavy atom. The fourth-order valence-corrected chi connectivity index (χ4v) is 7.46. The monoisotopic (exact) mass is 708 g/mol. The number of ether oxygens (including phenoxy) is 2. The van der Waals surface area contributed by atoms with Gasteiger partial charge in [-0.15, -0.1) is 0 Å². The Morgan fingerprint density at radius 3 is 2.45 bits per heavy atom. The first-order valence-electron chi connectivity index (χ1n) is 17.0. The molecule has 2 aromatic carbocycles. The predicted molar refractivity (Wildman–Crippen MR) is 182 cm³/mol. The maximum atomic E-state index is 13.9. The van der Waals surface area contributed by atoms with Crippen LogP contribution in [0.2, 0.25) is 0 Å². The van der Waals surface area contributed by atoms with Crippen LogP contribution in [0.3, 0.4) is 0 Å². The van der Waals surface area contributed by atoms with E-state index >= 15 is 0 Å². The zero-order valence-corrected chi connectivity index (χ0v) is 28.4. The predicted octanol–water partition coefficient (Wildman–Crippen LogP) is 5.58. The molecule has 2 aliphatic heterocycles. The molecule has 2 saturated heterocycles. The SMILES string of the molecule is O=C(NC1(C(=O)N[C@H](Cc2ccccc2)C(=O)NCC2CCN(CC3CCOCC3)CC2)CCCC1)Oc1cc2ccc(Br)cc2o1. The second kappa shape index (κ2) is 15.7. The maximum absolute atomic E-state index is 13.9. The summed E-state index contributed by atoms with van der Waals surface area (Å²) in [7, 11) is 0. The number of halogens is 1. The van der Waals surface area contributed by atoms with E-state index in [1.165, 1.54) is 0 Å². The number of fused-ring (bicyclic) bond motifs is 1. The van der Waals surface area contributed by atoms with Crippen LogP contribution in [0.4, 0.5) is 4.79 Å². The zero-order chi connectivity index (χ0) is 32.6. The summed E-state index contributed by atoms with van der Waals surface area (Å²) in [6.07, 6.45) is 6.38. The second-order valence-corrected chi connectivity index (χ2v) is 14.2. The number of hydrogen-bond acceptors (Lipinski definition) is 7. The molecule has 3 heterocycles. The van der Waals surface area contributed by atoms with E-state index in [1.807, 2.05) is 42.5 Å². The molecule has 1 atom stereocenters. The van der Waals surface area contributed by atoms with E-state index in [-0.39, 0.29) is 17.8 Å². The molecule has 10 nitrogen and oxygen atoms in total. The molecular weight excluding hydrogens is 664 g/mol. The molecule has 1 aliphatic carbocycles. The van der Waals surface area contributed by atoms with Gasteiger partial charge in [0.05, 0.1) is 0 Å². The molecule has 3 amide bonds. The molecule has 6 rings (SSSR count). The van der Waals surface area contributed by atoms with Crippen LogP contribution in [-0.4, -0.2) is 73.8 Å². The summed E-state index contributed by atoms with van der Waals surface area (Å²) in [5, 5.41) is 9.79. The van der Waals surface area contributed by atoms with E-state index in [4.69, 9.17) is 13.9 Å². The summed E-state index contributed by atoms with van der Waals surface area (Å²) in [5.41, 5.74) is 0.336. The van der Waals surface area contributed by atoms with Crippen molar-refractivity contribution in [3.8, 4) is 5.95 Å². The molecule has 252 valence electrons. The van der Waals surface area contributed by atoms with E-state index in [0.717, 1.165) is 92.7 Å².